The zero-order valence-corrected chi connectivity index (χ0v) is 16.8. The lowest BCUT2D eigenvalue weighted by Crippen LogP contribution is -2.37. The molecule has 0 atom stereocenters. The van der Waals surface area contributed by atoms with Crippen molar-refractivity contribution in [3.8, 4) is 0 Å². The van der Waals surface area contributed by atoms with Crippen LogP contribution in [0.5, 0.6) is 0 Å². The molecule has 0 fully saturated rings. The van der Waals surface area contributed by atoms with Crippen LogP contribution in [0.1, 0.15) is 37.8 Å². The van der Waals surface area contributed by atoms with Gasteiger partial charge in [-0.1, -0.05) is 26.0 Å². The molecule has 0 saturated heterocycles. The van der Waals surface area contributed by atoms with Gasteiger partial charge in [0.25, 0.3) is 0 Å². The molecule has 2 aromatic carbocycles. The third kappa shape index (κ3) is 5.37. The third-order valence-corrected chi connectivity index (χ3v) is 5.78. The fourth-order valence-corrected chi connectivity index (χ4v) is 3.77. The molecule has 0 bridgehead atoms. The lowest BCUT2D eigenvalue weighted by Gasteiger charge is -2.22. The largest absolute Gasteiger partial charge is 0.311 e. The normalized spacial score (nSPS) is 11.6. The van der Waals surface area contributed by atoms with Crippen LogP contribution in [0.2, 0.25) is 0 Å². The highest BCUT2D eigenvalue weighted by Crippen LogP contribution is 2.20. The van der Waals surface area contributed by atoms with Crippen LogP contribution in [0.25, 0.3) is 0 Å². The molecule has 2 rings (SSSR count). The van der Waals surface area contributed by atoms with Crippen molar-refractivity contribution < 1.29 is 17.6 Å². The number of amides is 1. The Balaban J connectivity index is 2.07. The second-order valence-corrected chi connectivity index (χ2v) is 8.49. The molecular formula is C20H25FN2O3S. The van der Waals surface area contributed by atoms with Gasteiger partial charge in [-0.3, -0.25) is 4.79 Å². The highest BCUT2D eigenvalue weighted by atomic mass is 32.2. The van der Waals surface area contributed by atoms with Gasteiger partial charge in [0, 0.05) is 25.7 Å². The van der Waals surface area contributed by atoms with Crippen molar-refractivity contribution in [2.24, 2.45) is 0 Å². The van der Waals surface area contributed by atoms with Crippen LogP contribution in [0, 0.1) is 12.7 Å². The Hall–Kier alpha value is -2.25. The Morgan fingerprint density at radius 1 is 1.15 bits per heavy atom. The van der Waals surface area contributed by atoms with Crippen molar-refractivity contribution in [1.29, 1.82) is 0 Å². The molecule has 0 unspecified atom stereocenters. The molecule has 0 spiro atoms. The number of rotatable bonds is 7. The minimum absolute atomic E-state index is 0.00272. The Morgan fingerprint density at radius 3 is 2.30 bits per heavy atom. The minimum Gasteiger partial charge on any atom is -0.311 e. The maximum atomic E-state index is 13.3. The van der Waals surface area contributed by atoms with E-state index in [1.165, 1.54) is 30.9 Å². The topological polar surface area (TPSA) is 66.5 Å². The van der Waals surface area contributed by atoms with Gasteiger partial charge in [-0.2, -0.15) is 0 Å². The molecule has 7 heteroatoms. The SMILES string of the molecule is CC(=O)N(CCNS(=O)(=O)c1ccc(F)c(C)c1)c1ccc(C(C)C)cc1. The maximum Gasteiger partial charge on any atom is 0.240 e. The van der Waals surface area contributed by atoms with Gasteiger partial charge in [-0.05, 0) is 54.3 Å². The van der Waals surface area contributed by atoms with Crippen LogP contribution >= 0.6 is 0 Å². The molecule has 0 aliphatic carbocycles. The highest BCUT2D eigenvalue weighted by Gasteiger charge is 2.17. The number of halogens is 1. The molecule has 1 N–H and O–H groups in total. The molecule has 0 radical (unpaired) electrons. The molecule has 0 aliphatic rings. The fourth-order valence-electron chi connectivity index (χ4n) is 2.67. The predicted octanol–water partition coefficient (Wildman–Crippen LogP) is 3.59. The number of nitrogens with zero attached hydrogens (tertiary/aromatic N) is 1. The minimum atomic E-state index is -3.78. The number of carbonyl (C=O) groups is 1. The number of hydrogen-bond acceptors (Lipinski definition) is 3. The summed E-state index contributed by atoms with van der Waals surface area (Å²) in [6.45, 7) is 7.36. The van der Waals surface area contributed by atoms with Crippen LogP contribution in [0.3, 0.4) is 0 Å². The lowest BCUT2D eigenvalue weighted by atomic mass is 10.0. The van der Waals surface area contributed by atoms with E-state index in [1.54, 1.807) is 0 Å². The molecule has 2 aromatic rings. The molecule has 0 heterocycles. The van der Waals surface area contributed by atoms with Gasteiger partial charge in [0.05, 0.1) is 4.90 Å². The van der Waals surface area contributed by atoms with Gasteiger partial charge in [0.2, 0.25) is 15.9 Å². The van der Waals surface area contributed by atoms with Gasteiger partial charge in [-0.15, -0.1) is 0 Å². The van der Waals surface area contributed by atoms with Gasteiger partial charge >= 0.3 is 0 Å². The molecule has 0 saturated carbocycles. The van der Waals surface area contributed by atoms with E-state index in [4.69, 9.17) is 0 Å². The summed E-state index contributed by atoms with van der Waals surface area (Å²) >= 11 is 0. The second-order valence-electron chi connectivity index (χ2n) is 6.73. The summed E-state index contributed by atoms with van der Waals surface area (Å²) < 4.78 is 40.5. The van der Waals surface area contributed by atoms with Crippen LogP contribution in [-0.4, -0.2) is 27.4 Å². The highest BCUT2D eigenvalue weighted by molar-refractivity contribution is 7.89. The van der Waals surface area contributed by atoms with Crippen LogP contribution in [0.4, 0.5) is 10.1 Å². The first kappa shape index (κ1) is 21.1. The van der Waals surface area contributed by atoms with E-state index in [0.717, 1.165) is 11.6 Å². The van der Waals surface area contributed by atoms with E-state index in [0.29, 0.717) is 11.6 Å². The summed E-state index contributed by atoms with van der Waals surface area (Å²) in [4.78, 5) is 13.5. The van der Waals surface area contributed by atoms with E-state index in [2.05, 4.69) is 18.6 Å². The van der Waals surface area contributed by atoms with Gasteiger partial charge in [-0.25, -0.2) is 17.5 Å². The summed E-state index contributed by atoms with van der Waals surface area (Å²) in [6, 6.07) is 11.3. The summed E-state index contributed by atoms with van der Waals surface area (Å²) in [6.07, 6.45) is 0. The first-order chi connectivity index (χ1) is 12.6. The average molecular weight is 392 g/mol. The zero-order valence-electron chi connectivity index (χ0n) is 16.0. The maximum absolute atomic E-state index is 13.3. The number of benzene rings is 2. The van der Waals surface area contributed by atoms with E-state index >= 15 is 0 Å². The van der Waals surface area contributed by atoms with E-state index in [9.17, 15) is 17.6 Å². The zero-order chi connectivity index (χ0) is 20.2. The molecule has 1 amide bonds. The third-order valence-electron chi connectivity index (χ3n) is 4.32. The van der Waals surface area contributed by atoms with Crippen molar-refractivity contribution in [1.82, 2.24) is 4.72 Å². The number of sulfonamides is 1. The quantitative estimate of drug-likeness (QED) is 0.783. The van der Waals surface area contributed by atoms with Gasteiger partial charge in [0.15, 0.2) is 0 Å². The standard InChI is InChI=1S/C20H25FN2O3S/c1-14(2)17-5-7-18(8-6-17)23(16(4)24)12-11-22-27(25,26)19-9-10-20(21)15(3)13-19/h5-10,13-14,22H,11-12H2,1-4H3. The number of anilines is 1. The molecule has 27 heavy (non-hydrogen) atoms. The second kappa shape index (κ2) is 8.63. The van der Waals surface area contributed by atoms with Crippen molar-refractivity contribution in [2.45, 2.75) is 38.5 Å². The number of carbonyl (C=O) groups excluding carboxylic acids is 1. The molecule has 0 aromatic heterocycles. The molecular weight excluding hydrogens is 367 g/mol. The van der Waals surface area contributed by atoms with Gasteiger partial charge in [0.1, 0.15) is 5.82 Å². The lowest BCUT2D eigenvalue weighted by molar-refractivity contribution is -0.116. The summed E-state index contributed by atoms with van der Waals surface area (Å²) in [5, 5.41) is 0. The van der Waals surface area contributed by atoms with Crippen molar-refractivity contribution in [3.63, 3.8) is 0 Å². The molecule has 0 aliphatic heterocycles. The van der Waals surface area contributed by atoms with Gasteiger partial charge < -0.3 is 4.90 Å². The van der Waals surface area contributed by atoms with Crippen molar-refractivity contribution in [3.05, 3.63) is 59.4 Å². The molecule has 146 valence electrons. The Morgan fingerprint density at radius 2 is 1.78 bits per heavy atom. The first-order valence-electron chi connectivity index (χ1n) is 8.75. The molecule has 5 nitrogen and oxygen atoms in total. The van der Waals surface area contributed by atoms with Crippen LogP contribution in [-0.2, 0) is 14.8 Å². The van der Waals surface area contributed by atoms with E-state index in [-0.39, 0.29) is 29.5 Å². The smallest absolute Gasteiger partial charge is 0.240 e. The summed E-state index contributed by atoms with van der Waals surface area (Å²) in [5.74, 6) is -0.249. The van der Waals surface area contributed by atoms with Crippen LogP contribution in [0.15, 0.2) is 47.4 Å². The van der Waals surface area contributed by atoms with E-state index < -0.39 is 15.8 Å². The predicted molar refractivity (Wildman–Crippen MR) is 105 cm³/mol. The fraction of sp³-hybridized carbons (Fsp3) is 0.350. The van der Waals surface area contributed by atoms with Crippen molar-refractivity contribution >= 4 is 21.6 Å². The first-order valence-corrected chi connectivity index (χ1v) is 10.2. The monoisotopic (exact) mass is 392 g/mol. The summed E-state index contributed by atoms with van der Waals surface area (Å²) in [5.41, 5.74) is 2.13. The number of nitrogens with one attached hydrogen (secondary N) is 1. The number of aryl methyl sites for hydroxylation is 1. The van der Waals surface area contributed by atoms with Crippen molar-refractivity contribution in [2.75, 3.05) is 18.0 Å². The average Bonchev–Trinajstić information content (AvgIpc) is 2.60. The Labute approximate surface area is 160 Å². The Kier molecular flexibility index (Phi) is 6.73. The summed E-state index contributed by atoms with van der Waals surface area (Å²) in [7, 11) is -3.78. The van der Waals surface area contributed by atoms with Crippen LogP contribution < -0.4 is 9.62 Å². The Bertz CT molecular complexity index is 909. The number of hydrogen-bond donors (Lipinski definition) is 1. The van der Waals surface area contributed by atoms with E-state index in [1.807, 2.05) is 24.3 Å².